The molecule has 0 bridgehead atoms. The lowest BCUT2D eigenvalue weighted by Gasteiger charge is -2.41. The summed E-state index contributed by atoms with van der Waals surface area (Å²) < 4.78 is 27.0. The predicted octanol–water partition coefficient (Wildman–Crippen LogP) is 1.30. The molecule has 2 amide bonds. The summed E-state index contributed by atoms with van der Waals surface area (Å²) in [7, 11) is -3.71. The molecular formula is C15H13N3O4S2. The Morgan fingerprint density at radius 2 is 1.88 bits per heavy atom. The first-order chi connectivity index (χ1) is 11.5. The average Bonchev–Trinajstić information content (AvgIpc) is 2.85. The molecule has 0 saturated carbocycles. The molecule has 0 unspecified atom stereocenters. The molecule has 24 heavy (non-hydrogen) atoms. The number of benzene rings is 1. The lowest BCUT2D eigenvalue weighted by atomic mass is 10.1. The van der Waals surface area contributed by atoms with Crippen LogP contribution in [0.1, 0.15) is 0 Å². The summed E-state index contributed by atoms with van der Waals surface area (Å²) in [6.45, 7) is 0.257. The maximum absolute atomic E-state index is 12.8. The van der Waals surface area contributed by atoms with Gasteiger partial charge >= 0.3 is 0 Å². The zero-order chi connectivity index (χ0) is 16.9. The second-order valence-electron chi connectivity index (χ2n) is 5.63. The van der Waals surface area contributed by atoms with Crippen LogP contribution in [0, 0.1) is 0 Å². The molecule has 1 aromatic heterocycles. The summed E-state index contributed by atoms with van der Waals surface area (Å²) in [6.07, 6.45) is 1.55. The van der Waals surface area contributed by atoms with Crippen LogP contribution in [0.4, 0.5) is 4.79 Å². The Labute approximate surface area is 142 Å². The second kappa shape index (κ2) is 5.54. The fourth-order valence-corrected chi connectivity index (χ4v) is 5.37. The molecule has 0 aliphatic carbocycles. The maximum atomic E-state index is 12.8. The van der Waals surface area contributed by atoms with E-state index in [0.29, 0.717) is 5.52 Å². The van der Waals surface area contributed by atoms with E-state index in [-0.39, 0.29) is 40.9 Å². The third kappa shape index (κ3) is 2.31. The maximum Gasteiger partial charge on any atom is 0.289 e. The van der Waals surface area contributed by atoms with E-state index in [1.54, 1.807) is 30.5 Å². The summed E-state index contributed by atoms with van der Waals surface area (Å²) in [5.41, 5.74) is 0.423. The van der Waals surface area contributed by atoms with Crippen molar-refractivity contribution in [2.45, 2.75) is 10.9 Å². The van der Waals surface area contributed by atoms with Crippen molar-refractivity contribution < 1.29 is 18.0 Å². The Morgan fingerprint density at radius 1 is 1.12 bits per heavy atom. The smallest absolute Gasteiger partial charge is 0.273 e. The number of fused-ring (bicyclic) bond motifs is 1. The molecule has 124 valence electrons. The molecule has 3 heterocycles. The van der Waals surface area contributed by atoms with Gasteiger partial charge < -0.3 is 0 Å². The minimum atomic E-state index is -3.71. The molecule has 2 saturated heterocycles. The quantitative estimate of drug-likeness (QED) is 0.817. The third-order valence-electron chi connectivity index (χ3n) is 4.19. The number of carbonyl (C=O) groups is 2. The highest BCUT2D eigenvalue weighted by molar-refractivity contribution is 8.14. The highest BCUT2D eigenvalue weighted by atomic mass is 32.2. The fourth-order valence-electron chi connectivity index (χ4n) is 2.92. The molecule has 2 aliphatic heterocycles. The number of aromatic nitrogens is 1. The van der Waals surface area contributed by atoms with Crippen LogP contribution in [0.3, 0.4) is 0 Å². The summed E-state index contributed by atoms with van der Waals surface area (Å²) in [4.78, 5) is 28.9. The molecule has 4 rings (SSSR count). The topological polar surface area (TPSA) is 87.7 Å². The van der Waals surface area contributed by atoms with Gasteiger partial charge in [0.2, 0.25) is 15.9 Å². The fraction of sp³-hybridized carbons (Fsp3) is 0.267. The van der Waals surface area contributed by atoms with Gasteiger partial charge in [0.1, 0.15) is 4.90 Å². The van der Waals surface area contributed by atoms with E-state index in [1.807, 2.05) is 0 Å². The lowest BCUT2D eigenvalue weighted by Crippen LogP contribution is -2.61. The van der Waals surface area contributed by atoms with E-state index in [1.165, 1.54) is 15.3 Å². The molecule has 7 nitrogen and oxygen atoms in total. The minimum Gasteiger partial charge on any atom is -0.273 e. The van der Waals surface area contributed by atoms with E-state index in [9.17, 15) is 18.0 Å². The Hall–Kier alpha value is -1.97. The van der Waals surface area contributed by atoms with E-state index in [2.05, 4.69) is 4.98 Å². The molecule has 2 fully saturated rings. The first kappa shape index (κ1) is 15.6. The van der Waals surface area contributed by atoms with Gasteiger partial charge in [-0.25, -0.2) is 8.42 Å². The molecule has 9 heteroatoms. The second-order valence-corrected chi connectivity index (χ2v) is 8.46. The first-order valence-corrected chi connectivity index (χ1v) is 9.74. The molecular weight excluding hydrogens is 350 g/mol. The number of nitrogens with zero attached hydrogens (tertiary/aromatic N) is 3. The van der Waals surface area contributed by atoms with Crippen molar-refractivity contribution in [3.8, 4) is 0 Å². The van der Waals surface area contributed by atoms with Crippen molar-refractivity contribution in [2.75, 3.05) is 18.8 Å². The van der Waals surface area contributed by atoms with Crippen LogP contribution in [-0.2, 0) is 14.8 Å². The Bertz CT molecular complexity index is 933. The standard InChI is InChI=1S/C15H13N3O4S2/c19-13-9-23-15(20)18(13)11-7-17(8-11)24(21,22)12-5-1-3-10-4-2-6-16-14(10)12/h1-6,11H,7-9H2. The van der Waals surface area contributed by atoms with Crippen LogP contribution in [0.15, 0.2) is 41.4 Å². The van der Waals surface area contributed by atoms with E-state index < -0.39 is 10.0 Å². The number of para-hydroxylation sites is 1. The average molecular weight is 363 g/mol. The van der Waals surface area contributed by atoms with E-state index in [4.69, 9.17) is 0 Å². The zero-order valence-corrected chi connectivity index (χ0v) is 14.1. The third-order valence-corrected chi connectivity index (χ3v) is 6.89. The van der Waals surface area contributed by atoms with Crippen molar-refractivity contribution in [3.63, 3.8) is 0 Å². The number of pyridine rings is 1. The zero-order valence-electron chi connectivity index (χ0n) is 12.5. The van der Waals surface area contributed by atoms with Gasteiger partial charge in [-0.2, -0.15) is 4.31 Å². The van der Waals surface area contributed by atoms with Crippen molar-refractivity contribution >= 4 is 43.8 Å². The van der Waals surface area contributed by atoms with Crippen LogP contribution in [0.25, 0.3) is 10.9 Å². The minimum absolute atomic E-state index is 0.129. The van der Waals surface area contributed by atoms with E-state index in [0.717, 1.165) is 17.1 Å². The molecule has 1 aromatic carbocycles. The highest BCUT2D eigenvalue weighted by Gasteiger charge is 2.46. The van der Waals surface area contributed by atoms with Gasteiger partial charge in [-0.05, 0) is 12.1 Å². The molecule has 0 atom stereocenters. The molecule has 2 aliphatic rings. The largest absolute Gasteiger partial charge is 0.289 e. The number of imide groups is 1. The number of carbonyl (C=O) groups excluding carboxylic acids is 2. The molecule has 2 aromatic rings. The van der Waals surface area contributed by atoms with Gasteiger partial charge in [0.15, 0.2) is 0 Å². The Kier molecular flexibility index (Phi) is 3.59. The summed E-state index contributed by atoms with van der Waals surface area (Å²) >= 11 is 0.958. The van der Waals surface area contributed by atoms with Crippen molar-refractivity contribution in [1.29, 1.82) is 0 Å². The normalized spacial score (nSPS) is 19.9. The van der Waals surface area contributed by atoms with Gasteiger partial charge in [-0.15, -0.1) is 0 Å². The number of hydrogen-bond donors (Lipinski definition) is 0. The van der Waals surface area contributed by atoms with Crippen LogP contribution >= 0.6 is 11.8 Å². The van der Waals surface area contributed by atoms with Gasteiger partial charge in [0, 0.05) is 24.7 Å². The first-order valence-electron chi connectivity index (χ1n) is 7.31. The Balaban J connectivity index is 1.61. The van der Waals surface area contributed by atoms with Gasteiger partial charge in [0.25, 0.3) is 5.24 Å². The van der Waals surface area contributed by atoms with Crippen molar-refractivity contribution in [3.05, 3.63) is 36.5 Å². The van der Waals surface area contributed by atoms with Gasteiger partial charge in [0.05, 0.1) is 17.3 Å². The number of hydrogen-bond acceptors (Lipinski definition) is 6. The van der Waals surface area contributed by atoms with Crippen molar-refractivity contribution in [2.24, 2.45) is 0 Å². The molecule has 0 spiro atoms. The lowest BCUT2D eigenvalue weighted by molar-refractivity contribution is -0.127. The van der Waals surface area contributed by atoms with Crippen LogP contribution in [0.2, 0.25) is 0 Å². The number of sulfonamides is 1. The SMILES string of the molecule is O=C1CSC(=O)N1C1CN(S(=O)(=O)c2cccc3cccnc23)C1. The van der Waals surface area contributed by atoms with E-state index >= 15 is 0 Å². The van der Waals surface area contributed by atoms with Crippen molar-refractivity contribution in [1.82, 2.24) is 14.2 Å². The van der Waals surface area contributed by atoms with Crippen LogP contribution < -0.4 is 0 Å². The summed E-state index contributed by atoms with van der Waals surface area (Å²) in [5, 5.41) is 0.450. The monoisotopic (exact) mass is 363 g/mol. The van der Waals surface area contributed by atoms with Gasteiger partial charge in [-0.1, -0.05) is 30.0 Å². The molecule has 0 N–H and O–H groups in total. The number of rotatable bonds is 3. The van der Waals surface area contributed by atoms with Gasteiger partial charge in [-0.3, -0.25) is 19.5 Å². The summed E-state index contributed by atoms with van der Waals surface area (Å²) in [5.74, 6) is -0.117. The molecule has 0 radical (unpaired) electrons. The summed E-state index contributed by atoms with van der Waals surface area (Å²) in [6, 6.07) is 8.19. The number of amides is 2. The predicted molar refractivity (Wildman–Crippen MR) is 89.0 cm³/mol. The van der Waals surface area contributed by atoms with Crippen LogP contribution in [0.5, 0.6) is 0 Å². The Morgan fingerprint density at radius 3 is 2.58 bits per heavy atom. The van der Waals surface area contributed by atoms with Crippen LogP contribution in [-0.4, -0.2) is 58.6 Å². The highest BCUT2D eigenvalue weighted by Crippen LogP contribution is 2.31. The number of thioether (sulfide) groups is 1.